The number of hydrogen-bond donors (Lipinski definition) is 1. The van der Waals surface area contributed by atoms with Gasteiger partial charge in [0.15, 0.2) is 0 Å². The highest BCUT2D eigenvalue weighted by Crippen LogP contribution is 2.27. The van der Waals surface area contributed by atoms with Crippen LogP contribution >= 0.6 is 0 Å². The van der Waals surface area contributed by atoms with E-state index >= 15 is 0 Å². The number of carbonyl (C=O) groups is 1. The summed E-state index contributed by atoms with van der Waals surface area (Å²) in [5.41, 5.74) is 2.15. The van der Waals surface area contributed by atoms with Crippen LogP contribution < -0.4 is 4.90 Å². The molecule has 0 saturated carbocycles. The molecule has 1 atom stereocenters. The molecule has 1 N–H and O–H groups in total. The molecule has 1 saturated heterocycles. The predicted octanol–water partition coefficient (Wildman–Crippen LogP) is 1.44. The largest absolute Gasteiger partial charge is 0.396 e. The van der Waals surface area contributed by atoms with Crippen molar-refractivity contribution < 1.29 is 9.90 Å². The van der Waals surface area contributed by atoms with Gasteiger partial charge in [-0.05, 0) is 49.9 Å². The molecule has 0 radical (unpaired) electrons. The summed E-state index contributed by atoms with van der Waals surface area (Å²) < 4.78 is 1.63. The van der Waals surface area contributed by atoms with Crippen LogP contribution in [0.1, 0.15) is 36.6 Å². The Morgan fingerprint density at radius 3 is 2.83 bits per heavy atom. The van der Waals surface area contributed by atoms with Crippen LogP contribution in [0.15, 0.2) is 30.5 Å². The summed E-state index contributed by atoms with van der Waals surface area (Å²) in [5.74, 6) is -0.00966. The van der Waals surface area contributed by atoms with Crippen molar-refractivity contribution in [1.82, 2.24) is 15.0 Å². The molecule has 0 spiro atoms. The molecule has 0 aliphatic carbocycles. The smallest absolute Gasteiger partial charge is 0.251 e. The first kappa shape index (κ1) is 16.1. The number of aliphatic hydroxyl groups excluding tert-OH is 1. The van der Waals surface area contributed by atoms with Gasteiger partial charge in [-0.25, -0.2) is 4.68 Å². The Balaban J connectivity index is 1.77. The monoisotopic (exact) mass is 325 g/mol. The van der Waals surface area contributed by atoms with Gasteiger partial charge in [0.25, 0.3) is 5.91 Å². The molecular weight excluding hydrogens is 306 g/mol. The molecule has 1 aliphatic rings. The Hall–Kier alpha value is -2.72. The highest BCUT2D eigenvalue weighted by atomic mass is 16.3. The van der Waals surface area contributed by atoms with Gasteiger partial charge < -0.3 is 10.0 Å². The summed E-state index contributed by atoms with van der Waals surface area (Å²) in [7, 11) is 0. The lowest BCUT2D eigenvalue weighted by molar-refractivity contribution is -0.123. The second-order valence-corrected chi connectivity index (χ2v) is 5.82. The van der Waals surface area contributed by atoms with Crippen molar-refractivity contribution in [2.24, 2.45) is 0 Å². The van der Waals surface area contributed by atoms with Gasteiger partial charge in [0.1, 0.15) is 6.04 Å². The van der Waals surface area contributed by atoms with Gasteiger partial charge in [-0.2, -0.15) is 5.26 Å². The minimum Gasteiger partial charge on any atom is -0.396 e. The number of rotatable bonds is 5. The van der Waals surface area contributed by atoms with Crippen molar-refractivity contribution in [3.05, 3.63) is 41.7 Å². The molecule has 1 amide bonds. The topological polar surface area (TPSA) is 95.0 Å². The fraction of sp³-hybridized carbons (Fsp3) is 0.412. The number of aromatic nitrogens is 3. The maximum absolute atomic E-state index is 12.8. The first-order valence-electron chi connectivity index (χ1n) is 8.06. The number of carbonyl (C=O) groups excluding carboxylic acids is 1. The molecular formula is C17H19N5O2. The van der Waals surface area contributed by atoms with Crippen molar-refractivity contribution in [2.45, 2.75) is 31.7 Å². The lowest BCUT2D eigenvalue weighted by Crippen LogP contribution is -2.42. The second-order valence-electron chi connectivity index (χ2n) is 5.82. The summed E-state index contributed by atoms with van der Waals surface area (Å²) >= 11 is 0. The fourth-order valence-corrected chi connectivity index (χ4v) is 2.91. The molecule has 1 aliphatic heterocycles. The van der Waals surface area contributed by atoms with Gasteiger partial charge in [-0.1, -0.05) is 5.21 Å². The van der Waals surface area contributed by atoms with Gasteiger partial charge in [0.05, 0.1) is 17.3 Å². The molecule has 7 heteroatoms. The molecule has 3 rings (SSSR count). The molecule has 7 nitrogen and oxygen atoms in total. The second kappa shape index (κ2) is 7.23. The normalized spacial score (nSPS) is 17.8. The zero-order valence-corrected chi connectivity index (χ0v) is 13.3. The Morgan fingerprint density at radius 1 is 1.33 bits per heavy atom. The molecule has 1 fully saturated rings. The highest BCUT2D eigenvalue weighted by Gasteiger charge is 2.31. The van der Waals surface area contributed by atoms with Gasteiger partial charge in [0, 0.05) is 25.0 Å². The van der Waals surface area contributed by atoms with Crippen molar-refractivity contribution >= 4 is 11.6 Å². The summed E-state index contributed by atoms with van der Waals surface area (Å²) in [6.45, 7) is 0.773. The summed E-state index contributed by atoms with van der Waals surface area (Å²) in [4.78, 5) is 14.6. The maximum Gasteiger partial charge on any atom is 0.251 e. The molecule has 24 heavy (non-hydrogen) atoms. The van der Waals surface area contributed by atoms with Gasteiger partial charge in [0.2, 0.25) is 0 Å². The van der Waals surface area contributed by atoms with Crippen LogP contribution in [-0.2, 0) is 11.2 Å². The first-order valence-corrected chi connectivity index (χ1v) is 8.06. The van der Waals surface area contributed by atoms with Crippen molar-refractivity contribution in [1.29, 1.82) is 5.26 Å². The highest BCUT2D eigenvalue weighted by molar-refractivity contribution is 5.96. The fourth-order valence-electron chi connectivity index (χ4n) is 2.91. The Labute approximate surface area is 140 Å². The van der Waals surface area contributed by atoms with E-state index in [0.717, 1.165) is 24.2 Å². The zero-order valence-electron chi connectivity index (χ0n) is 13.3. The van der Waals surface area contributed by atoms with E-state index in [0.29, 0.717) is 24.9 Å². The number of hydrogen-bond acceptors (Lipinski definition) is 5. The standard InChI is InChI=1S/C17H19N5O2/c18-11-13-5-7-15(8-6-13)21-9-1-4-16(17(21)24)22-12-14(19-20-22)3-2-10-23/h5-8,12,16,23H,1-4,9-10H2. The number of amides is 1. The Kier molecular flexibility index (Phi) is 4.87. The number of benzene rings is 1. The van der Waals surface area contributed by atoms with E-state index in [-0.39, 0.29) is 18.6 Å². The number of nitrogens with zero attached hydrogens (tertiary/aromatic N) is 5. The third-order valence-electron chi connectivity index (χ3n) is 4.19. The third kappa shape index (κ3) is 3.29. The molecule has 124 valence electrons. The number of aliphatic hydroxyl groups is 1. The van der Waals surface area contributed by atoms with E-state index in [1.807, 2.05) is 0 Å². The van der Waals surface area contributed by atoms with Crippen LogP contribution in [0.5, 0.6) is 0 Å². The van der Waals surface area contributed by atoms with Crippen LogP contribution in [0.25, 0.3) is 0 Å². The summed E-state index contributed by atoms with van der Waals surface area (Å²) in [6.07, 6.45) is 4.68. The summed E-state index contributed by atoms with van der Waals surface area (Å²) in [5, 5.41) is 25.9. The minimum absolute atomic E-state index is 0.00966. The average molecular weight is 325 g/mol. The number of nitriles is 1. The van der Waals surface area contributed by atoms with E-state index < -0.39 is 0 Å². The SMILES string of the molecule is N#Cc1ccc(N2CCCC(n3cc(CCCO)nn3)C2=O)cc1. The van der Waals surface area contributed by atoms with Crippen LogP contribution in [0.4, 0.5) is 5.69 Å². The van der Waals surface area contributed by atoms with Crippen molar-refractivity contribution in [2.75, 3.05) is 18.1 Å². The van der Waals surface area contributed by atoms with E-state index in [1.54, 1.807) is 40.0 Å². The lowest BCUT2D eigenvalue weighted by Gasteiger charge is -2.32. The van der Waals surface area contributed by atoms with E-state index in [1.165, 1.54) is 0 Å². The predicted molar refractivity (Wildman–Crippen MR) is 87.2 cm³/mol. The minimum atomic E-state index is -0.357. The molecule has 1 aromatic heterocycles. The molecule has 1 unspecified atom stereocenters. The quantitative estimate of drug-likeness (QED) is 0.897. The van der Waals surface area contributed by atoms with Crippen molar-refractivity contribution in [3.63, 3.8) is 0 Å². The number of anilines is 1. The Morgan fingerprint density at radius 2 is 2.12 bits per heavy atom. The number of piperidine rings is 1. The van der Waals surface area contributed by atoms with Crippen molar-refractivity contribution in [3.8, 4) is 6.07 Å². The molecule has 1 aromatic carbocycles. The lowest BCUT2D eigenvalue weighted by atomic mass is 10.0. The third-order valence-corrected chi connectivity index (χ3v) is 4.19. The molecule has 2 aromatic rings. The van der Waals surface area contributed by atoms with Gasteiger partial charge >= 0.3 is 0 Å². The van der Waals surface area contributed by atoms with Crippen LogP contribution in [0.2, 0.25) is 0 Å². The average Bonchev–Trinajstić information content (AvgIpc) is 3.09. The van der Waals surface area contributed by atoms with Crippen LogP contribution in [0, 0.1) is 11.3 Å². The van der Waals surface area contributed by atoms with Gasteiger partial charge in [-0.3, -0.25) is 4.79 Å². The Bertz CT molecular complexity index is 747. The van der Waals surface area contributed by atoms with E-state index in [4.69, 9.17) is 10.4 Å². The molecule has 2 heterocycles. The first-order chi connectivity index (χ1) is 11.7. The van der Waals surface area contributed by atoms with Crippen LogP contribution in [0.3, 0.4) is 0 Å². The number of aryl methyl sites for hydroxylation is 1. The molecule has 0 bridgehead atoms. The van der Waals surface area contributed by atoms with E-state index in [9.17, 15) is 4.79 Å². The maximum atomic E-state index is 12.8. The van der Waals surface area contributed by atoms with E-state index in [2.05, 4.69) is 16.4 Å². The van der Waals surface area contributed by atoms with Crippen LogP contribution in [-0.4, -0.2) is 39.2 Å². The summed E-state index contributed by atoms with van der Waals surface area (Å²) in [6, 6.07) is 8.75. The zero-order chi connectivity index (χ0) is 16.9. The van der Waals surface area contributed by atoms with Gasteiger partial charge in [-0.15, -0.1) is 5.10 Å².